The number of benzene rings is 1. The number of pyridine rings is 2. The topological polar surface area (TPSA) is 96.5 Å². The molecule has 2 aromatic heterocycles. The lowest BCUT2D eigenvalue weighted by Gasteiger charge is -2.31. The van der Waals surface area contributed by atoms with Gasteiger partial charge in [0.05, 0.1) is 19.3 Å². The molecular weight excluding hydrogens is 378 g/mol. The molecular formula is C23H29N5O2. The second-order valence-electron chi connectivity index (χ2n) is 7.73. The zero-order chi connectivity index (χ0) is 20.8. The van der Waals surface area contributed by atoms with Gasteiger partial charge < -0.3 is 25.8 Å². The van der Waals surface area contributed by atoms with E-state index >= 15 is 0 Å². The number of hydrogen-bond acceptors (Lipinski definition) is 7. The van der Waals surface area contributed by atoms with E-state index in [1.807, 2.05) is 24.4 Å². The van der Waals surface area contributed by atoms with Crippen LogP contribution < -0.4 is 11.1 Å². The van der Waals surface area contributed by atoms with Crippen molar-refractivity contribution in [3.05, 3.63) is 59.9 Å². The number of piperidine rings is 1. The molecule has 3 heterocycles. The molecule has 158 valence electrons. The quantitative estimate of drug-likeness (QED) is 0.528. The number of nitrogen functional groups attached to an aromatic ring is 1. The molecule has 0 unspecified atom stereocenters. The fourth-order valence-corrected chi connectivity index (χ4v) is 3.82. The van der Waals surface area contributed by atoms with Gasteiger partial charge in [-0.1, -0.05) is 18.2 Å². The van der Waals surface area contributed by atoms with Crippen LogP contribution in [0.15, 0.2) is 48.8 Å². The summed E-state index contributed by atoms with van der Waals surface area (Å²) in [4.78, 5) is 10.9. The molecule has 0 spiro atoms. The van der Waals surface area contributed by atoms with Crippen molar-refractivity contribution in [1.82, 2.24) is 14.9 Å². The normalized spacial score (nSPS) is 15.5. The van der Waals surface area contributed by atoms with Gasteiger partial charge in [-0.15, -0.1) is 0 Å². The highest BCUT2D eigenvalue weighted by Gasteiger charge is 2.19. The monoisotopic (exact) mass is 407 g/mol. The number of anilines is 2. The number of likely N-dealkylation sites (tertiary alicyclic amines) is 1. The molecule has 0 radical (unpaired) electrons. The second-order valence-corrected chi connectivity index (χ2v) is 7.73. The van der Waals surface area contributed by atoms with Crippen LogP contribution in [0.25, 0.3) is 10.8 Å². The van der Waals surface area contributed by atoms with Crippen molar-refractivity contribution in [2.75, 3.05) is 37.3 Å². The molecule has 7 heteroatoms. The molecule has 0 aliphatic carbocycles. The highest BCUT2D eigenvalue weighted by molar-refractivity contribution is 5.91. The van der Waals surface area contributed by atoms with Gasteiger partial charge >= 0.3 is 0 Å². The van der Waals surface area contributed by atoms with E-state index in [0.29, 0.717) is 19.0 Å². The van der Waals surface area contributed by atoms with Gasteiger partial charge in [-0.2, -0.15) is 0 Å². The molecule has 1 aromatic carbocycles. The summed E-state index contributed by atoms with van der Waals surface area (Å²) < 4.78 is 6.05. The minimum Gasteiger partial charge on any atom is -0.395 e. The van der Waals surface area contributed by atoms with Gasteiger partial charge in [-0.3, -0.25) is 0 Å². The van der Waals surface area contributed by atoms with E-state index in [4.69, 9.17) is 15.6 Å². The molecule has 3 aromatic rings. The Balaban J connectivity index is 1.25. The summed E-state index contributed by atoms with van der Waals surface area (Å²) in [5.41, 5.74) is 8.16. The van der Waals surface area contributed by atoms with E-state index in [9.17, 15) is 0 Å². The summed E-state index contributed by atoms with van der Waals surface area (Å²) in [5, 5.41) is 14.4. The maximum atomic E-state index is 9.02. The van der Waals surface area contributed by atoms with Crippen molar-refractivity contribution in [1.29, 1.82) is 0 Å². The number of nitrogens with two attached hydrogens (primary N) is 1. The van der Waals surface area contributed by atoms with Crippen LogP contribution in [0.3, 0.4) is 0 Å². The van der Waals surface area contributed by atoms with Crippen molar-refractivity contribution in [3.8, 4) is 0 Å². The second kappa shape index (κ2) is 9.84. The average Bonchev–Trinajstić information content (AvgIpc) is 2.78. The van der Waals surface area contributed by atoms with Crippen molar-refractivity contribution in [2.24, 2.45) is 0 Å². The van der Waals surface area contributed by atoms with Crippen LogP contribution in [0.5, 0.6) is 0 Å². The summed E-state index contributed by atoms with van der Waals surface area (Å²) in [5.74, 6) is 1.40. The first-order valence-electron chi connectivity index (χ1n) is 10.5. The van der Waals surface area contributed by atoms with Gasteiger partial charge in [0, 0.05) is 44.0 Å². The fraction of sp³-hybridized carbons (Fsp3) is 0.391. The van der Waals surface area contributed by atoms with E-state index in [2.05, 4.69) is 38.4 Å². The predicted octanol–water partition coefficient (Wildman–Crippen LogP) is 2.80. The molecule has 1 aliphatic heterocycles. The third kappa shape index (κ3) is 5.24. The Hall–Kier alpha value is -2.74. The lowest BCUT2D eigenvalue weighted by molar-refractivity contribution is -0.00491. The van der Waals surface area contributed by atoms with Crippen LogP contribution in [-0.4, -0.2) is 52.3 Å². The molecule has 4 N–H and O–H groups in total. The van der Waals surface area contributed by atoms with E-state index in [1.54, 1.807) is 6.20 Å². The van der Waals surface area contributed by atoms with E-state index in [1.165, 1.54) is 0 Å². The number of nitrogens with zero attached hydrogens (tertiary/aromatic N) is 3. The zero-order valence-corrected chi connectivity index (χ0v) is 17.1. The Labute approximate surface area is 176 Å². The number of nitrogens with one attached hydrogen (secondary N) is 1. The zero-order valence-electron chi connectivity index (χ0n) is 17.1. The molecule has 0 bridgehead atoms. The summed E-state index contributed by atoms with van der Waals surface area (Å²) >= 11 is 0. The van der Waals surface area contributed by atoms with Crippen LogP contribution in [0.2, 0.25) is 0 Å². The van der Waals surface area contributed by atoms with Gasteiger partial charge in [0.25, 0.3) is 0 Å². The van der Waals surface area contributed by atoms with Gasteiger partial charge in [0.15, 0.2) is 0 Å². The molecule has 1 aliphatic rings. The first-order valence-corrected chi connectivity index (χ1v) is 10.5. The Morgan fingerprint density at radius 2 is 1.93 bits per heavy atom. The van der Waals surface area contributed by atoms with Gasteiger partial charge in [0.1, 0.15) is 11.6 Å². The SMILES string of the molecule is Nc1nccc2cc(CNc3ccc(COC4CCN(CCO)CC4)cn3)ccc12. The van der Waals surface area contributed by atoms with E-state index in [-0.39, 0.29) is 12.7 Å². The van der Waals surface area contributed by atoms with Crippen molar-refractivity contribution in [2.45, 2.75) is 32.1 Å². The number of ether oxygens (including phenoxy) is 1. The van der Waals surface area contributed by atoms with Gasteiger partial charge in [-0.05, 0) is 47.6 Å². The summed E-state index contributed by atoms with van der Waals surface area (Å²) in [7, 11) is 0. The maximum Gasteiger partial charge on any atom is 0.131 e. The number of aliphatic hydroxyl groups excluding tert-OH is 1. The molecule has 0 atom stereocenters. The van der Waals surface area contributed by atoms with Crippen LogP contribution in [0, 0.1) is 0 Å². The Bertz CT molecular complexity index is 955. The van der Waals surface area contributed by atoms with Crippen molar-refractivity contribution < 1.29 is 9.84 Å². The molecule has 7 nitrogen and oxygen atoms in total. The number of β-amino-alcohol motifs (C(OH)–C–C–N with tert-alkyl or cyclic N) is 1. The maximum absolute atomic E-state index is 9.02. The first kappa shape index (κ1) is 20.5. The lowest BCUT2D eigenvalue weighted by Crippen LogP contribution is -2.38. The van der Waals surface area contributed by atoms with E-state index < -0.39 is 0 Å². The number of rotatable bonds is 8. The van der Waals surface area contributed by atoms with Crippen LogP contribution in [0.1, 0.15) is 24.0 Å². The highest BCUT2D eigenvalue weighted by atomic mass is 16.5. The Kier molecular flexibility index (Phi) is 6.74. The Morgan fingerprint density at radius 3 is 2.70 bits per heavy atom. The van der Waals surface area contributed by atoms with Crippen LogP contribution in [0.4, 0.5) is 11.6 Å². The summed E-state index contributed by atoms with van der Waals surface area (Å²) in [6.07, 6.45) is 5.92. The Morgan fingerprint density at radius 1 is 1.10 bits per heavy atom. The highest BCUT2D eigenvalue weighted by Crippen LogP contribution is 2.21. The predicted molar refractivity (Wildman–Crippen MR) is 119 cm³/mol. The summed E-state index contributed by atoms with van der Waals surface area (Å²) in [6.45, 7) is 4.24. The smallest absolute Gasteiger partial charge is 0.131 e. The average molecular weight is 408 g/mol. The standard InChI is InChI=1S/C23H29N5O2/c24-23-21-3-1-17(13-19(21)5-8-25-23)14-26-22-4-2-18(15-27-22)16-30-20-6-9-28(10-7-20)11-12-29/h1-5,8,13,15,20,29H,6-7,9-12,14,16H2,(H2,24,25)(H,26,27). The first-order chi connectivity index (χ1) is 14.7. The number of hydrogen-bond donors (Lipinski definition) is 3. The fourth-order valence-electron chi connectivity index (χ4n) is 3.82. The molecule has 0 amide bonds. The molecule has 30 heavy (non-hydrogen) atoms. The molecule has 4 rings (SSSR count). The summed E-state index contributed by atoms with van der Waals surface area (Å²) in [6, 6.07) is 12.2. The minimum atomic E-state index is 0.227. The van der Waals surface area contributed by atoms with E-state index in [0.717, 1.165) is 60.2 Å². The lowest BCUT2D eigenvalue weighted by atomic mass is 10.1. The van der Waals surface area contributed by atoms with Crippen molar-refractivity contribution >= 4 is 22.4 Å². The van der Waals surface area contributed by atoms with Crippen LogP contribution >= 0.6 is 0 Å². The number of aromatic nitrogens is 2. The minimum absolute atomic E-state index is 0.227. The van der Waals surface area contributed by atoms with Gasteiger partial charge in [0.2, 0.25) is 0 Å². The third-order valence-corrected chi connectivity index (χ3v) is 5.59. The molecule has 0 saturated carbocycles. The largest absolute Gasteiger partial charge is 0.395 e. The number of aliphatic hydroxyl groups is 1. The molecule has 1 fully saturated rings. The van der Waals surface area contributed by atoms with Crippen molar-refractivity contribution in [3.63, 3.8) is 0 Å². The number of fused-ring (bicyclic) bond motifs is 1. The molecule has 1 saturated heterocycles. The third-order valence-electron chi connectivity index (χ3n) is 5.59. The van der Waals surface area contributed by atoms with Gasteiger partial charge in [-0.25, -0.2) is 9.97 Å². The van der Waals surface area contributed by atoms with Crippen LogP contribution in [-0.2, 0) is 17.9 Å².